The van der Waals surface area contributed by atoms with Gasteiger partial charge in [0.2, 0.25) is 0 Å². The fraction of sp³-hybridized carbons (Fsp3) is 1.00. The van der Waals surface area contributed by atoms with Crippen LogP contribution in [-0.2, 0) is 47.4 Å². The molecule has 0 radical (unpaired) electrons. The summed E-state index contributed by atoms with van der Waals surface area (Å²) in [5.41, 5.74) is 0. The van der Waals surface area contributed by atoms with E-state index in [-0.39, 0.29) is 13.2 Å². The van der Waals surface area contributed by atoms with E-state index in [1.165, 1.54) is 21.3 Å². The summed E-state index contributed by atoms with van der Waals surface area (Å²) in [6, 6.07) is 0. The molecule has 178 valence electrons. The molecule has 2 rings (SSSR count). The molecule has 11 heteroatoms. The van der Waals surface area contributed by atoms with Crippen LogP contribution in [0.4, 0.5) is 0 Å². The van der Waals surface area contributed by atoms with Crippen molar-refractivity contribution in [2.24, 2.45) is 0 Å². The van der Waals surface area contributed by atoms with E-state index in [1.807, 2.05) is 0 Å². The molecule has 0 saturated carbocycles. The first-order valence-electron chi connectivity index (χ1n) is 9.77. The molecule has 11 nitrogen and oxygen atoms in total. The van der Waals surface area contributed by atoms with Crippen LogP contribution in [0, 0.1) is 0 Å². The number of rotatable bonds is 11. The van der Waals surface area contributed by atoms with Crippen molar-refractivity contribution < 1.29 is 52.5 Å². The molecule has 4 unspecified atom stereocenters. The highest BCUT2D eigenvalue weighted by molar-refractivity contribution is 4.96. The van der Waals surface area contributed by atoms with Gasteiger partial charge in [-0.1, -0.05) is 0 Å². The van der Waals surface area contributed by atoms with E-state index in [2.05, 4.69) is 0 Å². The van der Waals surface area contributed by atoms with Gasteiger partial charge in [0.25, 0.3) is 0 Å². The molecule has 2 saturated heterocycles. The molecular weight excluding hydrogens is 404 g/mol. The summed E-state index contributed by atoms with van der Waals surface area (Å²) in [5.74, 6) is 0. The Morgan fingerprint density at radius 1 is 0.567 bits per heavy atom. The average molecular weight is 440 g/mol. The molecule has 2 fully saturated rings. The number of ether oxygens (including phenoxy) is 10. The van der Waals surface area contributed by atoms with Gasteiger partial charge in [0.1, 0.15) is 48.8 Å². The van der Waals surface area contributed by atoms with E-state index >= 15 is 0 Å². The Bertz CT molecular complexity index is 481. The van der Waals surface area contributed by atoms with E-state index in [9.17, 15) is 5.11 Å². The number of aliphatic hydroxyl groups is 1. The molecular formula is C19H36O11. The largest absolute Gasteiger partial charge is 0.382 e. The second-order valence-corrected chi connectivity index (χ2v) is 7.12. The van der Waals surface area contributed by atoms with Crippen molar-refractivity contribution >= 4 is 0 Å². The van der Waals surface area contributed by atoms with Gasteiger partial charge in [0, 0.05) is 49.8 Å². The zero-order valence-electron chi connectivity index (χ0n) is 18.7. The van der Waals surface area contributed by atoms with Crippen LogP contribution in [0.2, 0.25) is 0 Å². The van der Waals surface area contributed by atoms with Gasteiger partial charge in [-0.2, -0.15) is 0 Å². The van der Waals surface area contributed by atoms with E-state index in [0.717, 1.165) is 0 Å². The third kappa shape index (κ3) is 5.48. The Labute approximate surface area is 177 Å². The van der Waals surface area contributed by atoms with Crippen molar-refractivity contribution in [2.45, 2.75) is 61.4 Å². The number of hydrogen-bond donors (Lipinski definition) is 1. The lowest BCUT2D eigenvalue weighted by Crippen LogP contribution is -2.65. The summed E-state index contributed by atoms with van der Waals surface area (Å²) < 4.78 is 56.6. The molecule has 0 aromatic rings. The lowest BCUT2D eigenvalue weighted by Gasteiger charge is -2.48. The van der Waals surface area contributed by atoms with Gasteiger partial charge in [0.15, 0.2) is 12.6 Å². The molecule has 0 aliphatic carbocycles. The van der Waals surface area contributed by atoms with Crippen molar-refractivity contribution in [2.75, 3.05) is 63.0 Å². The van der Waals surface area contributed by atoms with Crippen molar-refractivity contribution in [3.05, 3.63) is 0 Å². The van der Waals surface area contributed by atoms with Gasteiger partial charge >= 0.3 is 0 Å². The van der Waals surface area contributed by atoms with Crippen LogP contribution in [0.25, 0.3) is 0 Å². The molecule has 0 spiro atoms. The monoisotopic (exact) mass is 440 g/mol. The van der Waals surface area contributed by atoms with E-state index < -0.39 is 61.4 Å². The van der Waals surface area contributed by atoms with Gasteiger partial charge in [-0.25, -0.2) is 0 Å². The third-order valence-electron chi connectivity index (χ3n) is 5.51. The quantitative estimate of drug-likeness (QED) is 0.435. The average Bonchev–Trinajstić information content (AvgIpc) is 2.74. The van der Waals surface area contributed by atoms with E-state index in [1.54, 1.807) is 28.4 Å². The molecule has 2 aliphatic heterocycles. The minimum absolute atomic E-state index is 0.165. The Balaban J connectivity index is 2.31. The first kappa shape index (κ1) is 25.8. The molecule has 10 atom stereocenters. The molecule has 0 bridgehead atoms. The van der Waals surface area contributed by atoms with Crippen LogP contribution < -0.4 is 0 Å². The maximum atomic E-state index is 10.3. The van der Waals surface area contributed by atoms with Gasteiger partial charge in [-0.3, -0.25) is 0 Å². The SMILES string of the molecule is COCC1O[C@@H](O[C@H]2C(OC)C(OC)[C@@H](O)O[C@@H]2COC)C(OC)[C@@H](OC)[C@H]1OC. The standard InChI is InChI=1S/C19H36O11/c1-21-8-10-12(23-3)14(24-4)17(27-7)19(29-10)30-13-11(9-22-2)28-18(20)16(26-6)15(13)25-5/h10-20H,8-9H2,1-7H3/t10?,11-,12+,13-,14+,15?,16?,17?,18+,19+/m1/s1. The van der Waals surface area contributed by atoms with Crippen molar-refractivity contribution in [1.82, 2.24) is 0 Å². The second kappa shape index (κ2) is 12.6. The minimum atomic E-state index is -1.20. The molecule has 2 aliphatic rings. The lowest BCUT2D eigenvalue weighted by molar-refractivity contribution is -0.363. The number of methoxy groups -OCH3 is 7. The smallest absolute Gasteiger partial charge is 0.187 e. The normalized spacial score (nSPS) is 42.4. The first-order valence-corrected chi connectivity index (χ1v) is 9.77. The van der Waals surface area contributed by atoms with Crippen molar-refractivity contribution in [3.8, 4) is 0 Å². The van der Waals surface area contributed by atoms with Crippen molar-refractivity contribution in [1.29, 1.82) is 0 Å². The van der Waals surface area contributed by atoms with Gasteiger partial charge in [-0.05, 0) is 0 Å². The number of aliphatic hydroxyl groups excluding tert-OH is 1. The predicted octanol–water partition coefficient (Wildman–Crippen LogP) is -0.818. The molecule has 0 aromatic carbocycles. The van der Waals surface area contributed by atoms with Crippen LogP contribution in [-0.4, -0.2) is 130 Å². The van der Waals surface area contributed by atoms with Gasteiger partial charge in [0.05, 0.1) is 13.2 Å². The van der Waals surface area contributed by atoms with Gasteiger partial charge < -0.3 is 52.5 Å². The second-order valence-electron chi connectivity index (χ2n) is 7.12. The lowest BCUT2D eigenvalue weighted by atomic mass is 9.96. The third-order valence-corrected chi connectivity index (χ3v) is 5.51. The molecule has 0 amide bonds. The van der Waals surface area contributed by atoms with Crippen LogP contribution >= 0.6 is 0 Å². The first-order chi connectivity index (χ1) is 14.5. The summed E-state index contributed by atoms with van der Waals surface area (Å²) in [7, 11) is 10.8. The maximum Gasteiger partial charge on any atom is 0.187 e. The fourth-order valence-corrected chi connectivity index (χ4v) is 4.12. The molecule has 0 aromatic heterocycles. The summed E-state index contributed by atoms with van der Waals surface area (Å²) in [5, 5.41) is 10.3. The number of hydrogen-bond acceptors (Lipinski definition) is 11. The highest BCUT2D eigenvalue weighted by Gasteiger charge is 2.52. The van der Waals surface area contributed by atoms with Crippen LogP contribution in [0.1, 0.15) is 0 Å². The van der Waals surface area contributed by atoms with Crippen LogP contribution in [0.5, 0.6) is 0 Å². The van der Waals surface area contributed by atoms with E-state index in [0.29, 0.717) is 0 Å². The molecule has 30 heavy (non-hydrogen) atoms. The summed E-state index contributed by atoms with van der Waals surface area (Å²) >= 11 is 0. The zero-order valence-corrected chi connectivity index (χ0v) is 18.7. The summed E-state index contributed by atoms with van der Waals surface area (Å²) in [4.78, 5) is 0. The van der Waals surface area contributed by atoms with Crippen molar-refractivity contribution in [3.63, 3.8) is 0 Å². The molecule has 1 N–H and O–H groups in total. The Hall–Kier alpha value is -0.440. The Morgan fingerprint density at radius 2 is 1.03 bits per heavy atom. The Morgan fingerprint density at radius 3 is 1.50 bits per heavy atom. The zero-order chi connectivity index (χ0) is 22.3. The topological polar surface area (TPSA) is 113 Å². The van der Waals surface area contributed by atoms with Crippen LogP contribution in [0.15, 0.2) is 0 Å². The molecule has 2 heterocycles. The summed E-state index contributed by atoms with van der Waals surface area (Å²) in [6.45, 7) is 0.433. The van der Waals surface area contributed by atoms with Gasteiger partial charge in [-0.15, -0.1) is 0 Å². The Kier molecular flexibility index (Phi) is 10.8. The van der Waals surface area contributed by atoms with E-state index in [4.69, 9.17) is 47.4 Å². The predicted molar refractivity (Wildman–Crippen MR) is 102 cm³/mol. The highest BCUT2D eigenvalue weighted by Crippen LogP contribution is 2.33. The maximum absolute atomic E-state index is 10.3. The fourth-order valence-electron chi connectivity index (χ4n) is 4.12. The highest BCUT2D eigenvalue weighted by atomic mass is 16.7. The minimum Gasteiger partial charge on any atom is -0.382 e. The van der Waals surface area contributed by atoms with Crippen LogP contribution in [0.3, 0.4) is 0 Å². The summed E-state index contributed by atoms with van der Waals surface area (Å²) in [6.07, 6.45) is -6.77.